The van der Waals surface area contributed by atoms with Crippen molar-refractivity contribution in [3.8, 4) is 16.9 Å². The van der Waals surface area contributed by atoms with Crippen molar-refractivity contribution in [2.75, 3.05) is 18.4 Å². The number of carbonyl (C=O) groups excluding carboxylic acids is 2. The van der Waals surface area contributed by atoms with Crippen molar-refractivity contribution in [2.24, 2.45) is 5.92 Å². The molecule has 0 aliphatic rings. The van der Waals surface area contributed by atoms with Crippen LogP contribution < -0.4 is 5.32 Å². The van der Waals surface area contributed by atoms with E-state index >= 15 is 0 Å². The monoisotopic (exact) mass is 500 g/mol. The summed E-state index contributed by atoms with van der Waals surface area (Å²) >= 11 is 5.98. The number of halogens is 1. The summed E-state index contributed by atoms with van der Waals surface area (Å²) in [6.45, 7) is 6.39. The second-order valence-electron chi connectivity index (χ2n) is 9.16. The Hall–Kier alpha value is -3.90. The first kappa shape index (κ1) is 25.2. The molecule has 6 nitrogen and oxygen atoms in total. The predicted molar refractivity (Wildman–Crippen MR) is 145 cm³/mol. The van der Waals surface area contributed by atoms with Crippen molar-refractivity contribution in [2.45, 2.75) is 20.8 Å². The molecule has 1 aromatic heterocycles. The van der Waals surface area contributed by atoms with Crippen molar-refractivity contribution in [3.05, 3.63) is 101 Å². The van der Waals surface area contributed by atoms with Crippen molar-refractivity contribution >= 4 is 29.4 Å². The molecule has 2 amide bonds. The van der Waals surface area contributed by atoms with Gasteiger partial charge in [0.25, 0.3) is 5.91 Å². The quantitative estimate of drug-likeness (QED) is 0.311. The molecule has 0 aliphatic heterocycles. The van der Waals surface area contributed by atoms with Crippen LogP contribution in [0.15, 0.2) is 85.1 Å². The molecule has 0 aliphatic carbocycles. The topological polar surface area (TPSA) is 67.2 Å². The molecule has 0 bridgehead atoms. The van der Waals surface area contributed by atoms with E-state index in [2.05, 4.69) is 5.32 Å². The molecule has 0 saturated heterocycles. The van der Waals surface area contributed by atoms with Gasteiger partial charge >= 0.3 is 0 Å². The van der Waals surface area contributed by atoms with E-state index in [9.17, 15) is 9.59 Å². The van der Waals surface area contributed by atoms with Crippen LogP contribution in [0.25, 0.3) is 16.9 Å². The highest BCUT2D eigenvalue weighted by molar-refractivity contribution is 6.30. The third-order valence-corrected chi connectivity index (χ3v) is 5.89. The summed E-state index contributed by atoms with van der Waals surface area (Å²) < 4.78 is 1.85. The minimum Gasteiger partial charge on any atom is -0.329 e. The van der Waals surface area contributed by atoms with Crippen molar-refractivity contribution in [1.29, 1.82) is 0 Å². The zero-order valence-electron chi connectivity index (χ0n) is 20.6. The van der Waals surface area contributed by atoms with Crippen molar-refractivity contribution < 1.29 is 9.59 Å². The van der Waals surface area contributed by atoms with Crippen LogP contribution in [0.5, 0.6) is 0 Å². The molecule has 3 aromatic carbocycles. The van der Waals surface area contributed by atoms with Crippen molar-refractivity contribution in [1.82, 2.24) is 14.5 Å². The minimum atomic E-state index is -0.323. The van der Waals surface area contributed by atoms with E-state index in [1.54, 1.807) is 29.2 Å². The third kappa shape index (κ3) is 6.20. The van der Waals surface area contributed by atoms with Gasteiger partial charge in [-0.1, -0.05) is 73.5 Å². The van der Waals surface area contributed by atoms with Gasteiger partial charge in [-0.25, -0.2) is 4.98 Å². The average molecular weight is 501 g/mol. The Bertz CT molecular complexity index is 1330. The second-order valence-corrected chi connectivity index (χ2v) is 9.59. The zero-order chi connectivity index (χ0) is 25.7. The van der Waals surface area contributed by atoms with Crippen LogP contribution in [-0.4, -0.2) is 39.4 Å². The molecule has 0 fully saturated rings. The summed E-state index contributed by atoms with van der Waals surface area (Å²) in [6, 6.07) is 24.5. The lowest BCUT2D eigenvalue weighted by atomic mass is 10.1. The number of aryl methyl sites for hydroxylation is 1. The molecule has 1 heterocycles. The maximum atomic E-state index is 13.2. The van der Waals surface area contributed by atoms with E-state index < -0.39 is 0 Å². The van der Waals surface area contributed by atoms with Gasteiger partial charge in [-0.05, 0) is 49.2 Å². The zero-order valence-corrected chi connectivity index (χ0v) is 21.4. The Morgan fingerprint density at radius 1 is 0.972 bits per heavy atom. The van der Waals surface area contributed by atoms with Crippen molar-refractivity contribution in [3.63, 3.8) is 0 Å². The molecule has 7 heteroatoms. The van der Waals surface area contributed by atoms with Gasteiger partial charge in [0.15, 0.2) is 0 Å². The number of anilines is 1. The number of amides is 2. The molecule has 0 radical (unpaired) electrons. The lowest BCUT2D eigenvalue weighted by Gasteiger charge is -2.24. The van der Waals surface area contributed by atoms with Crippen LogP contribution in [0.3, 0.4) is 0 Å². The first-order valence-corrected chi connectivity index (χ1v) is 12.2. The number of rotatable bonds is 8. The summed E-state index contributed by atoms with van der Waals surface area (Å²) in [7, 11) is 0. The van der Waals surface area contributed by atoms with Crippen LogP contribution in [0.4, 0.5) is 5.95 Å². The number of carbonyl (C=O) groups is 2. The van der Waals surface area contributed by atoms with Gasteiger partial charge < -0.3 is 4.90 Å². The summed E-state index contributed by atoms with van der Waals surface area (Å²) in [5, 5.41) is 3.48. The molecule has 0 atom stereocenters. The van der Waals surface area contributed by atoms with Gasteiger partial charge in [-0.2, -0.15) is 0 Å². The standard InChI is InChI=1S/C29H29ClN4O2/c1-20(2)17-33(28(36)23-11-13-24(30)14-12-23)19-27(35)32-29-31-26(22-7-5-4-6-8-22)18-34(29)25-15-9-21(3)10-16-25/h4-16,18,20H,17,19H2,1-3H3,(H,31,32,35). The Morgan fingerprint density at radius 3 is 2.28 bits per heavy atom. The number of aromatic nitrogens is 2. The number of nitrogens with zero attached hydrogens (tertiary/aromatic N) is 3. The number of benzene rings is 3. The van der Waals surface area contributed by atoms with E-state index in [1.165, 1.54) is 0 Å². The Morgan fingerprint density at radius 2 is 1.64 bits per heavy atom. The molecule has 1 N–H and O–H groups in total. The maximum absolute atomic E-state index is 13.2. The molecule has 0 unspecified atom stereocenters. The van der Waals surface area contributed by atoms with E-state index in [-0.39, 0.29) is 24.3 Å². The van der Waals surface area contributed by atoms with Crippen LogP contribution in [-0.2, 0) is 4.79 Å². The molecule has 0 spiro atoms. The predicted octanol–water partition coefficient (Wildman–Crippen LogP) is 6.24. The fraction of sp³-hybridized carbons (Fsp3) is 0.207. The maximum Gasteiger partial charge on any atom is 0.254 e. The first-order valence-electron chi connectivity index (χ1n) is 11.9. The summed E-state index contributed by atoms with van der Waals surface area (Å²) in [5.74, 6) is 0.0401. The fourth-order valence-corrected chi connectivity index (χ4v) is 4.02. The number of nitrogens with one attached hydrogen (secondary N) is 1. The molecule has 4 aromatic rings. The molecule has 0 saturated carbocycles. The van der Waals surface area contributed by atoms with Crippen LogP contribution >= 0.6 is 11.6 Å². The minimum absolute atomic E-state index is 0.0962. The van der Waals surface area contributed by atoms with Gasteiger partial charge in [0, 0.05) is 34.6 Å². The Balaban J connectivity index is 1.60. The molecule has 4 rings (SSSR count). The van der Waals surface area contributed by atoms with E-state index in [0.29, 0.717) is 23.1 Å². The smallest absolute Gasteiger partial charge is 0.254 e. The van der Waals surface area contributed by atoms with Gasteiger partial charge in [0.05, 0.1) is 5.69 Å². The van der Waals surface area contributed by atoms with Crippen LogP contribution in [0, 0.1) is 12.8 Å². The van der Waals surface area contributed by atoms with Crippen LogP contribution in [0.2, 0.25) is 5.02 Å². The van der Waals surface area contributed by atoms with Gasteiger partial charge in [0.2, 0.25) is 11.9 Å². The highest BCUT2D eigenvalue weighted by atomic mass is 35.5. The highest BCUT2D eigenvalue weighted by Crippen LogP contribution is 2.24. The van der Waals surface area contributed by atoms with Gasteiger partial charge in [-0.3, -0.25) is 19.5 Å². The second kappa shape index (κ2) is 11.2. The molecular weight excluding hydrogens is 472 g/mol. The number of imidazole rings is 1. The number of hydrogen-bond donors (Lipinski definition) is 1. The van der Waals surface area contributed by atoms with Gasteiger partial charge in [0.1, 0.15) is 6.54 Å². The van der Waals surface area contributed by atoms with Gasteiger partial charge in [-0.15, -0.1) is 0 Å². The Kier molecular flexibility index (Phi) is 7.86. The number of hydrogen-bond acceptors (Lipinski definition) is 3. The summed E-state index contributed by atoms with van der Waals surface area (Å²) in [4.78, 5) is 32.6. The first-order chi connectivity index (χ1) is 17.3. The summed E-state index contributed by atoms with van der Waals surface area (Å²) in [6.07, 6.45) is 1.90. The van der Waals surface area contributed by atoms with E-state index in [1.807, 2.05) is 86.1 Å². The fourth-order valence-electron chi connectivity index (χ4n) is 3.89. The summed E-state index contributed by atoms with van der Waals surface area (Å²) in [5.41, 5.74) is 4.18. The highest BCUT2D eigenvalue weighted by Gasteiger charge is 2.22. The molecule has 184 valence electrons. The van der Waals surface area contributed by atoms with E-state index in [0.717, 1.165) is 22.5 Å². The largest absolute Gasteiger partial charge is 0.329 e. The molecule has 36 heavy (non-hydrogen) atoms. The van der Waals surface area contributed by atoms with E-state index in [4.69, 9.17) is 16.6 Å². The molecular formula is C29H29ClN4O2. The lowest BCUT2D eigenvalue weighted by molar-refractivity contribution is -0.117. The lowest BCUT2D eigenvalue weighted by Crippen LogP contribution is -2.40. The average Bonchev–Trinajstić information content (AvgIpc) is 3.28. The Labute approximate surface area is 216 Å². The third-order valence-electron chi connectivity index (χ3n) is 5.64. The normalized spacial score (nSPS) is 10.9. The SMILES string of the molecule is Cc1ccc(-n2cc(-c3ccccc3)nc2NC(=O)CN(CC(C)C)C(=O)c2ccc(Cl)cc2)cc1. The van der Waals surface area contributed by atoms with Crippen LogP contribution in [0.1, 0.15) is 29.8 Å².